The molecule has 7 rings (SSSR count). The van der Waals surface area contributed by atoms with Gasteiger partial charge >= 0.3 is 6.01 Å². The van der Waals surface area contributed by atoms with Crippen molar-refractivity contribution in [1.82, 2.24) is 40.6 Å². The molecule has 7 aromatic rings. The molecule has 0 amide bonds. The van der Waals surface area contributed by atoms with Gasteiger partial charge in [0.25, 0.3) is 0 Å². The summed E-state index contributed by atoms with van der Waals surface area (Å²) in [5.41, 5.74) is 5.64. The van der Waals surface area contributed by atoms with E-state index in [2.05, 4.69) is 68.8 Å². The van der Waals surface area contributed by atoms with Crippen molar-refractivity contribution in [1.29, 1.82) is 0 Å². The Morgan fingerprint density at radius 2 is 1.34 bits per heavy atom. The Hall–Kier alpha value is -6.31. The van der Waals surface area contributed by atoms with Crippen molar-refractivity contribution in [2.75, 3.05) is 44.4 Å². The summed E-state index contributed by atoms with van der Waals surface area (Å²) in [5, 5.41) is 20.3. The van der Waals surface area contributed by atoms with Crippen molar-refractivity contribution < 1.29 is 14.2 Å². The van der Waals surface area contributed by atoms with Crippen molar-refractivity contribution in [2.45, 2.75) is 39.0 Å². The first kappa shape index (κ1) is 40.9. The number of H-pyrrole nitrogens is 1. The molecule has 0 spiro atoms. The number of hydrogen-bond acceptors (Lipinski definition) is 12. The fourth-order valence-corrected chi connectivity index (χ4v) is 7.22. The lowest BCUT2D eigenvalue weighted by Crippen LogP contribution is -2.46. The number of aromatic amines is 1. The molecule has 0 radical (unpaired) electrons. The first-order valence-corrected chi connectivity index (χ1v) is 19.7. The fourth-order valence-electron chi connectivity index (χ4n) is 6.72. The molecule has 0 aliphatic carbocycles. The van der Waals surface area contributed by atoms with E-state index < -0.39 is 5.41 Å². The Morgan fingerprint density at radius 1 is 0.661 bits per heavy atom. The van der Waals surface area contributed by atoms with Crippen LogP contribution >= 0.6 is 23.2 Å². The van der Waals surface area contributed by atoms with Gasteiger partial charge in [0, 0.05) is 46.4 Å². The van der Waals surface area contributed by atoms with Gasteiger partial charge in [0.1, 0.15) is 17.3 Å². The van der Waals surface area contributed by atoms with Gasteiger partial charge in [-0.15, -0.1) is 10.2 Å². The van der Waals surface area contributed by atoms with E-state index in [0.29, 0.717) is 70.7 Å². The number of methoxy groups -OCH3 is 3. The molecule has 0 saturated carbocycles. The van der Waals surface area contributed by atoms with Crippen LogP contribution in [-0.2, 0) is 18.3 Å². The number of aromatic nitrogens is 8. The van der Waals surface area contributed by atoms with Crippen LogP contribution in [0.25, 0.3) is 22.5 Å². The molecule has 0 atom stereocenters. The molecule has 4 aromatic carbocycles. The number of halogens is 2. The Bertz CT molecular complexity index is 2520. The van der Waals surface area contributed by atoms with Crippen LogP contribution in [0, 0.1) is 6.92 Å². The van der Waals surface area contributed by atoms with Crippen molar-refractivity contribution in [2.24, 2.45) is 0 Å². The maximum Gasteiger partial charge on any atom is 0.318 e. The van der Waals surface area contributed by atoms with E-state index in [1.54, 1.807) is 27.4 Å². The van der Waals surface area contributed by atoms with E-state index in [0.717, 1.165) is 39.3 Å². The average molecular weight is 832 g/mol. The number of hydrogen-bond donors (Lipinski definition) is 1. The molecule has 0 aliphatic rings. The Morgan fingerprint density at radius 3 is 2.02 bits per heavy atom. The SMILES string of the molecule is COc1ccc(CCN(c2cc(-c3cccc(OC)c3)nc(OC)n2)N(CCc2ccc(Cl)cc2Cl)c2cc(-c3cccc(C(C)(C)c4nn[nH]n4)c3)nc(C)n2)cc1. The number of hydrazine groups is 1. The lowest BCUT2D eigenvalue weighted by Gasteiger charge is -2.37. The number of rotatable bonds is 16. The molecule has 0 saturated heterocycles. The van der Waals surface area contributed by atoms with Gasteiger partial charge in [0.2, 0.25) is 0 Å². The van der Waals surface area contributed by atoms with Crippen LogP contribution in [0.3, 0.4) is 0 Å². The molecule has 0 unspecified atom stereocenters. The van der Waals surface area contributed by atoms with Gasteiger partial charge in [0.15, 0.2) is 17.5 Å². The highest BCUT2D eigenvalue weighted by Gasteiger charge is 2.29. The summed E-state index contributed by atoms with van der Waals surface area (Å²) in [5.74, 6) is 3.89. The van der Waals surface area contributed by atoms with Crippen LogP contribution in [0.5, 0.6) is 17.5 Å². The highest BCUT2D eigenvalue weighted by atomic mass is 35.5. The number of nitrogens with one attached hydrogen (secondary N) is 1. The predicted molar refractivity (Wildman–Crippen MR) is 231 cm³/mol. The minimum Gasteiger partial charge on any atom is -0.497 e. The topological polar surface area (TPSA) is 140 Å². The number of anilines is 2. The number of ether oxygens (including phenoxy) is 3. The maximum absolute atomic E-state index is 6.78. The van der Waals surface area contributed by atoms with E-state index in [4.69, 9.17) is 57.3 Å². The normalized spacial score (nSPS) is 11.3. The zero-order valence-electron chi connectivity index (χ0n) is 33.6. The van der Waals surface area contributed by atoms with Crippen LogP contribution in [0.1, 0.15) is 42.2 Å². The summed E-state index contributed by atoms with van der Waals surface area (Å²) in [7, 11) is 4.86. The minimum absolute atomic E-state index is 0.205. The summed E-state index contributed by atoms with van der Waals surface area (Å²) < 4.78 is 16.7. The number of tetrazole rings is 1. The lowest BCUT2D eigenvalue weighted by atomic mass is 9.83. The molecule has 302 valence electrons. The van der Waals surface area contributed by atoms with Gasteiger partial charge in [-0.1, -0.05) is 76.9 Å². The molecule has 59 heavy (non-hydrogen) atoms. The maximum atomic E-state index is 6.78. The number of benzene rings is 4. The zero-order valence-corrected chi connectivity index (χ0v) is 35.2. The summed E-state index contributed by atoms with van der Waals surface area (Å²) in [6.45, 7) is 6.96. The molecule has 3 heterocycles. The van der Waals surface area contributed by atoms with Crippen molar-refractivity contribution >= 4 is 34.8 Å². The monoisotopic (exact) mass is 830 g/mol. The van der Waals surface area contributed by atoms with Crippen molar-refractivity contribution in [3.05, 3.63) is 142 Å². The largest absolute Gasteiger partial charge is 0.497 e. The van der Waals surface area contributed by atoms with Gasteiger partial charge in [-0.25, -0.2) is 9.97 Å². The van der Waals surface area contributed by atoms with Gasteiger partial charge in [-0.2, -0.15) is 15.2 Å². The van der Waals surface area contributed by atoms with E-state index in [1.807, 2.05) is 79.7 Å². The first-order valence-electron chi connectivity index (χ1n) is 18.9. The second-order valence-electron chi connectivity index (χ2n) is 14.3. The molecule has 1 N–H and O–H groups in total. The predicted octanol–water partition coefficient (Wildman–Crippen LogP) is 8.79. The van der Waals surface area contributed by atoms with E-state index in [1.165, 1.54) is 0 Å². The van der Waals surface area contributed by atoms with Crippen LogP contribution in [0.4, 0.5) is 11.6 Å². The molecule has 0 fully saturated rings. The van der Waals surface area contributed by atoms with E-state index >= 15 is 0 Å². The van der Waals surface area contributed by atoms with Crippen LogP contribution in [0.15, 0.2) is 103 Å². The summed E-state index contributed by atoms with van der Waals surface area (Å²) in [4.78, 5) is 19.7. The standard InChI is InChI=1S/C44H44Cl2N10O3/c1-28-47-38(31-9-7-11-33(23-31)44(2,3)42-51-53-54-52-42)26-40(48-28)56(22-20-30-15-16-34(45)25-37(30)46)55(21-19-29-13-17-35(57-4)18-14-29)41-27-39(49-43(50-41)59-6)32-10-8-12-36(24-32)58-5/h7-18,23-27H,19-22H2,1-6H3,(H,51,52,53,54). The molecule has 13 nitrogen and oxygen atoms in total. The van der Waals surface area contributed by atoms with E-state index in [9.17, 15) is 0 Å². The minimum atomic E-state index is -0.525. The van der Waals surface area contributed by atoms with Gasteiger partial charge in [0.05, 0.1) is 38.1 Å². The smallest absolute Gasteiger partial charge is 0.318 e. The third-order valence-electron chi connectivity index (χ3n) is 10.0. The van der Waals surface area contributed by atoms with Crippen LogP contribution < -0.4 is 24.2 Å². The van der Waals surface area contributed by atoms with Crippen LogP contribution in [-0.4, -0.2) is 75.0 Å². The van der Waals surface area contributed by atoms with Gasteiger partial charge in [-0.3, -0.25) is 10.0 Å². The number of aryl methyl sites for hydroxylation is 1. The zero-order chi connectivity index (χ0) is 41.5. The molecule has 0 aliphatic heterocycles. The lowest BCUT2D eigenvalue weighted by molar-refractivity contribution is 0.380. The highest BCUT2D eigenvalue weighted by molar-refractivity contribution is 6.35. The van der Waals surface area contributed by atoms with Crippen molar-refractivity contribution in [3.8, 4) is 40.0 Å². The molecular formula is C44H44Cl2N10O3. The van der Waals surface area contributed by atoms with Crippen molar-refractivity contribution in [3.63, 3.8) is 0 Å². The highest BCUT2D eigenvalue weighted by Crippen LogP contribution is 2.34. The number of nitrogens with zero attached hydrogens (tertiary/aromatic N) is 9. The summed E-state index contributed by atoms with van der Waals surface area (Å²) in [6, 6.07) is 33.7. The van der Waals surface area contributed by atoms with Crippen LogP contribution in [0.2, 0.25) is 10.0 Å². The molecule has 3 aromatic heterocycles. The molecular weight excluding hydrogens is 787 g/mol. The third-order valence-corrected chi connectivity index (χ3v) is 10.6. The fraction of sp³-hybridized carbons (Fsp3) is 0.250. The Balaban J connectivity index is 1.37. The summed E-state index contributed by atoms with van der Waals surface area (Å²) in [6.07, 6.45) is 1.19. The van der Waals surface area contributed by atoms with Gasteiger partial charge in [-0.05, 0) is 92.8 Å². The second kappa shape index (κ2) is 18.1. The van der Waals surface area contributed by atoms with Gasteiger partial charge < -0.3 is 14.2 Å². The quantitative estimate of drug-likeness (QED) is 0.0931. The molecule has 0 bridgehead atoms. The summed E-state index contributed by atoms with van der Waals surface area (Å²) >= 11 is 13.1. The molecule has 15 heteroatoms. The third kappa shape index (κ3) is 9.54. The Labute approximate surface area is 353 Å². The average Bonchev–Trinajstić information content (AvgIpc) is 3.82. The second-order valence-corrected chi connectivity index (χ2v) is 15.1. The van der Waals surface area contributed by atoms with E-state index in [-0.39, 0.29) is 6.01 Å². The Kier molecular flexibility index (Phi) is 12.5. The first-order chi connectivity index (χ1) is 28.5.